The second-order valence-corrected chi connectivity index (χ2v) is 11.2. The quantitative estimate of drug-likeness (QED) is 0.529. The van der Waals surface area contributed by atoms with Gasteiger partial charge in [0.2, 0.25) is 0 Å². The lowest BCUT2D eigenvalue weighted by Gasteiger charge is -2.39. The SMILES string of the molecule is O=C(NC12CC3CCCC(C1)C(C3)C2)c1cnn2c1NC(c1ccccc1Cl)CC2C(F)(F)F. The average Bonchev–Trinajstić information content (AvgIpc) is 3.26. The predicted octanol–water partition coefficient (Wildman–Crippen LogP) is 6.29. The number of carbonyl (C=O) groups is 1. The van der Waals surface area contributed by atoms with E-state index in [0.29, 0.717) is 28.3 Å². The van der Waals surface area contributed by atoms with Crippen LogP contribution in [0.1, 0.15) is 79.4 Å². The van der Waals surface area contributed by atoms with E-state index in [1.54, 1.807) is 24.3 Å². The van der Waals surface area contributed by atoms with Crippen molar-refractivity contribution in [3.8, 4) is 0 Å². The highest BCUT2D eigenvalue weighted by Crippen LogP contribution is 2.55. The van der Waals surface area contributed by atoms with Crippen LogP contribution in [0, 0.1) is 17.8 Å². The van der Waals surface area contributed by atoms with E-state index in [1.165, 1.54) is 31.9 Å². The molecule has 0 radical (unpaired) electrons. The molecule has 3 aliphatic carbocycles. The zero-order valence-corrected chi connectivity index (χ0v) is 19.5. The molecular weight excluding hydrogens is 465 g/mol. The van der Waals surface area contributed by atoms with Crippen LogP contribution in [0.3, 0.4) is 0 Å². The summed E-state index contributed by atoms with van der Waals surface area (Å²) >= 11 is 6.32. The molecule has 182 valence electrons. The van der Waals surface area contributed by atoms with Gasteiger partial charge in [-0.15, -0.1) is 0 Å². The minimum atomic E-state index is -4.51. The summed E-state index contributed by atoms with van der Waals surface area (Å²) < 4.78 is 43.0. The van der Waals surface area contributed by atoms with Gasteiger partial charge in [-0.25, -0.2) is 4.68 Å². The lowest BCUT2D eigenvalue weighted by molar-refractivity contribution is -0.173. The number of hydrogen-bond donors (Lipinski definition) is 2. The van der Waals surface area contributed by atoms with Crippen LogP contribution in [0.5, 0.6) is 0 Å². The first-order valence-electron chi connectivity index (χ1n) is 12.2. The van der Waals surface area contributed by atoms with E-state index in [2.05, 4.69) is 15.7 Å². The Bertz CT molecular complexity index is 1110. The van der Waals surface area contributed by atoms with Crippen LogP contribution in [0.15, 0.2) is 30.5 Å². The van der Waals surface area contributed by atoms with Gasteiger partial charge in [0.1, 0.15) is 11.4 Å². The van der Waals surface area contributed by atoms with Gasteiger partial charge in [0.25, 0.3) is 5.91 Å². The van der Waals surface area contributed by atoms with Crippen LogP contribution in [0.2, 0.25) is 5.02 Å². The van der Waals surface area contributed by atoms with Crippen LogP contribution in [-0.4, -0.2) is 27.4 Å². The molecule has 4 aliphatic rings. The van der Waals surface area contributed by atoms with E-state index < -0.39 is 18.3 Å². The van der Waals surface area contributed by atoms with Crippen molar-refractivity contribution in [2.24, 2.45) is 17.8 Å². The molecule has 5 nitrogen and oxygen atoms in total. The van der Waals surface area contributed by atoms with Crippen molar-refractivity contribution in [3.63, 3.8) is 0 Å². The molecule has 1 aromatic carbocycles. The summed E-state index contributed by atoms with van der Waals surface area (Å²) in [5.74, 6) is 1.70. The zero-order valence-electron chi connectivity index (χ0n) is 18.7. The Kier molecular flexibility index (Phi) is 5.17. The van der Waals surface area contributed by atoms with Gasteiger partial charge < -0.3 is 10.6 Å². The number of halogens is 4. The largest absolute Gasteiger partial charge is 0.410 e. The maximum Gasteiger partial charge on any atom is 0.410 e. The molecule has 34 heavy (non-hydrogen) atoms. The van der Waals surface area contributed by atoms with Gasteiger partial charge in [0.15, 0.2) is 6.04 Å². The Hall–Kier alpha value is -2.22. The molecule has 3 bridgehead atoms. The summed E-state index contributed by atoms with van der Waals surface area (Å²) in [7, 11) is 0. The Labute approximate surface area is 201 Å². The Morgan fingerprint density at radius 1 is 1.15 bits per heavy atom. The maximum atomic E-state index is 14.0. The number of benzene rings is 1. The summed E-state index contributed by atoms with van der Waals surface area (Å²) in [5.41, 5.74) is 0.499. The molecule has 0 saturated heterocycles. The van der Waals surface area contributed by atoms with Crippen molar-refractivity contribution in [2.75, 3.05) is 5.32 Å². The number of carbonyl (C=O) groups excluding carboxylic acids is 1. The number of amides is 1. The first-order valence-corrected chi connectivity index (χ1v) is 12.6. The van der Waals surface area contributed by atoms with Gasteiger partial charge >= 0.3 is 6.18 Å². The van der Waals surface area contributed by atoms with E-state index in [0.717, 1.165) is 23.9 Å². The number of aromatic nitrogens is 2. The first-order chi connectivity index (χ1) is 16.2. The van der Waals surface area contributed by atoms with Crippen LogP contribution < -0.4 is 10.6 Å². The lowest BCUT2D eigenvalue weighted by Crippen LogP contribution is -2.50. The van der Waals surface area contributed by atoms with Gasteiger partial charge in [-0.3, -0.25) is 4.79 Å². The van der Waals surface area contributed by atoms with Crippen molar-refractivity contribution in [3.05, 3.63) is 46.6 Å². The van der Waals surface area contributed by atoms with E-state index in [-0.39, 0.29) is 29.2 Å². The van der Waals surface area contributed by atoms with Gasteiger partial charge in [0, 0.05) is 17.0 Å². The molecule has 0 spiro atoms. The summed E-state index contributed by atoms with van der Waals surface area (Å²) in [4.78, 5) is 13.5. The Morgan fingerprint density at radius 2 is 1.94 bits per heavy atom. The van der Waals surface area contributed by atoms with Crippen molar-refractivity contribution in [2.45, 2.75) is 75.2 Å². The lowest BCUT2D eigenvalue weighted by atomic mass is 9.75. The van der Waals surface area contributed by atoms with Gasteiger partial charge in [-0.1, -0.05) is 49.1 Å². The number of alkyl halides is 3. The molecule has 2 heterocycles. The van der Waals surface area contributed by atoms with Gasteiger partial charge in [0.05, 0.1) is 12.2 Å². The van der Waals surface area contributed by atoms with Crippen LogP contribution in [0.25, 0.3) is 0 Å². The molecule has 6 rings (SSSR count). The second kappa shape index (κ2) is 7.90. The highest BCUT2D eigenvalue weighted by Gasteiger charge is 2.53. The predicted molar refractivity (Wildman–Crippen MR) is 123 cm³/mol. The number of nitrogens with one attached hydrogen (secondary N) is 2. The van der Waals surface area contributed by atoms with Crippen molar-refractivity contribution >= 4 is 23.3 Å². The molecule has 9 heteroatoms. The summed E-state index contributed by atoms with van der Waals surface area (Å²) in [6.45, 7) is 0. The van der Waals surface area contributed by atoms with Crippen LogP contribution >= 0.6 is 11.6 Å². The molecule has 1 aromatic heterocycles. The molecule has 1 aliphatic heterocycles. The van der Waals surface area contributed by atoms with E-state index in [4.69, 9.17) is 11.6 Å². The van der Waals surface area contributed by atoms with E-state index in [9.17, 15) is 18.0 Å². The minimum Gasteiger partial charge on any atom is -0.363 e. The summed E-state index contributed by atoms with van der Waals surface area (Å²) in [6, 6.07) is 4.36. The molecule has 1 amide bonds. The van der Waals surface area contributed by atoms with Crippen LogP contribution in [-0.2, 0) is 0 Å². The first kappa shape index (κ1) is 22.3. The third-order valence-electron chi connectivity index (χ3n) is 8.62. The van der Waals surface area contributed by atoms with Crippen molar-refractivity contribution in [1.29, 1.82) is 0 Å². The third-order valence-corrected chi connectivity index (χ3v) is 8.96. The number of nitrogens with zero attached hydrogens (tertiary/aromatic N) is 2. The van der Waals surface area contributed by atoms with Gasteiger partial charge in [-0.2, -0.15) is 18.3 Å². The maximum absolute atomic E-state index is 14.0. The smallest absolute Gasteiger partial charge is 0.363 e. The third kappa shape index (κ3) is 3.69. The van der Waals surface area contributed by atoms with Crippen LogP contribution in [0.4, 0.5) is 19.0 Å². The highest BCUT2D eigenvalue weighted by atomic mass is 35.5. The normalized spacial score (nSPS) is 34.3. The van der Waals surface area contributed by atoms with E-state index >= 15 is 0 Å². The molecule has 6 atom stereocenters. The topological polar surface area (TPSA) is 59.0 Å². The van der Waals surface area contributed by atoms with Crippen molar-refractivity contribution in [1.82, 2.24) is 15.1 Å². The Balaban J connectivity index is 1.32. The number of rotatable bonds is 3. The molecule has 3 saturated carbocycles. The molecule has 6 unspecified atom stereocenters. The monoisotopic (exact) mass is 492 g/mol. The zero-order chi connectivity index (χ0) is 23.7. The molecular formula is C25H28ClF3N4O. The fraction of sp³-hybridized carbons (Fsp3) is 0.600. The second-order valence-electron chi connectivity index (χ2n) is 10.8. The average molecular weight is 493 g/mol. The fourth-order valence-electron chi connectivity index (χ4n) is 7.30. The number of fused-ring (bicyclic) bond motifs is 3. The summed E-state index contributed by atoms with van der Waals surface area (Å²) in [5, 5.41) is 10.9. The molecule has 2 aromatic rings. The summed E-state index contributed by atoms with van der Waals surface area (Å²) in [6.07, 6.45) is 4.38. The fourth-order valence-corrected chi connectivity index (χ4v) is 7.57. The highest BCUT2D eigenvalue weighted by molar-refractivity contribution is 6.31. The number of hydrogen-bond acceptors (Lipinski definition) is 3. The molecule has 3 fully saturated rings. The number of anilines is 1. The van der Waals surface area contributed by atoms with Crippen molar-refractivity contribution < 1.29 is 18.0 Å². The Morgan fingerprint density at radius 3 is 2.74 bits per heavy atom. The standard InChI is InChI=1S/C25H28ClF3N4O/c26-19-7-2-1-6-17(19)20-9-21(25(27,28)29)33-22(31-20)18(13-30-33)23(34)32-24-10-14-4-3-5-15(11-24)16(8-14)12-24/h1-2,6-7,13-16,20-21,31H,3-5,8-12H2,(H,32,34). The van der Waals surface area contributed by atoms with E-state index in [1.807, 2.05) is 0 Å². The minimum absolute atomic E-state index is 0.109. The van der Waals surface area contributed by atoms with Gasteiger partial charge in [-0.05, 0) is 55.1 Å². The molecule has 2 N–H and O–H groups in total.